The molecule has 0 saturated heterocycles. The van der Waals surface area contributed by atoms with Crippen LogP contribution in [-0.2, 0) is 4.79 Å². The zero-order chi connectivity index (χ0) is 9.84. The molecule has 1 rings (SSSR count). The normalized spacial score (nSPS) is 8.77. The van der Waals surface area contributed by atoms with E-state index in [4.69, 9.17) is 5.73 Å². The second kappa shape index (κ2) is 3.72. The Kier molecular flexibility index (Phi) is 2.65. The number of primary amides is 1. The molecule has 0 aliphatic carbocycles. The summed E-state index contributed by atoms with van der Waals surface area (Å²) >= 11 is 0. The summed E-state index contributed by atoms with van der Waals surface area (Å²) in [5.74, 6) is 3.73. The predicted molar refractivity (Wildman–Crippen MR) is 47.2 cm³/mol. The fourth-order valence-electron chi connectivity index (χ4n) is 0.896. The Morgan fingerprint density at radius 1 is 1.54 bits per heavy atom. The highest BCUT2D eigenvalue weighted by Gasteiger charge is 1.96. The molecule has 1 aromatic rings. The molecule has 0 saturated carbocycles. The largest absolute Gasteiger partial charge is 0.359 e. The number of rotatable bonds is 0. The first-order valence-electron chi connectivity index (χ1n) is 3.67. The van der Waals surface area contributed by atoms with E-state index in [9.17, 15) is 9.18 Å². The Balaban J connectivity index is 3.05. The van der Waals surface area contributed by atoms with Gasteiger partial charge in [0.15, 0.2) is 0 Å². The molecule has 2 nitrogen and oxygen atoms in total. The quantitative estimate of drug-likeness (QED) is 0.589. The van der Waals surface area contributed by atoms with E-state index < -0.39 is 5.91 Å². The van der Waals surface area contributed by atoms with Crippen molar-refractivity contribution >= 4 is 5.91 Å². The molecule has 0 aromatic heterocycles. The van der Waals surface area contributed by atoms with E-state index in [1.54, 1.807) is 6.92 Å². The molecule has 0 bridgehead atoms. The van der Waals surface area contributed by atoms with E-state index in [1.807, 2.05) is 0 Å². The summed E-state index contributed by atoms with van der Waals surface area (Å²) in [6, 6.07) is 4.16. The Labute approximate surface area is 75.6 Å². The predicted octanol–water partition coefficient (Wildman–Crippen LogP) is 0.971. The summed E-state index contributed by atoms with van der Waals surface area (Å²) < 4.78 is 12.6. The highest BCUT2D eigenvalue weighted by Crippen LogP contribution is 2.07. The van der Waals surface area contributed by atoms with Crippen molar-refractivity contribution < 1.29 is 9.18 Å². The lowest BCUT2D eigenvalue weighted by Crippen LogP contribution is -2.06. The second-order valence-corrected chi connectivity index (χ2v) is 2.57. The van der Waals surface area contributed by atoms with Gasteiger partial charge >= 0.3 is 0 Å². The number of hydrogen-bond acceptors (Lipinski definition) is 1. The number of aryl methyl sites for hydroxylation is 1. The van der Waals surface area contributed by atoms with Gasteiger partial charge in [0.1, 0.15) is 5.82 Å². The minimum Gasteiger partial charge on any atom is -0.359 e. The van der Waals surface area contributed by atoms with Crippen molar-refractivity contribution in [2.45, 2.75) is 6.92 Å². The average molecular weight is 177 g/mol. The van der Waals surface area contributed by atoms with Crippen molar-refractivity contribution in [2.75, 3.05) is 0 Å². The van der Waals surface area contributed by atoms with Crippen molar-refractivity contribution in [2.24, 2.45) is 5.73 Å². The highest BCUT2D eigenvalue weighted by molar-refractivity contribution is 5.92. The van der Waals surface area contributed by atoms with Gasteiger partial charge in [0.2, 0.25) is 0 Å². The molecule has 0 aliphatic rings. The van der Waals surface area contributed by atoms with Crippen LogP contribution in [0.25, 0.3) is 0 Å². The van der Waals surface area contributed by atoms with Crippen molar-refractivity contribution in [1.29, 1.82) is 0 Å². The van der Waals surface area contributed by atoms with Gasteiger partial charge in [-0.3, -0.25) is 4.79 Å². The minimum absolute atomic E-state index is 0.317. The molecular formula is C10H8FNO. The first-order chi connectivity index (χ1) is 6.09. The zero-order valence-electron chi connectivity index (χ0n) is 7.10. The summed E-state index contributed by atoms with van der Waals surface area (Å²) in [7, 11) is 0. The van der Waals surface area contributed by atoms with Crippen LogP contribution < -0.4 is 5.73 Å². The third kappa shape index (κ3) is 2.60. The topological polar surface area (TPSA) is 43.1 Å². The third-order valence-corrected chi connectivity index (χ3v) is 1.51. The van der Waals surface area contributed by atoms with Crippen molar-refractivity contribution in [3.05, 3.63) is 35.1 Å². The summed E-state index contributed by atoms with van der Waals surface area (Å²) in [6.07, 6.45) is 0. The van der Waals surface area contributed by atoms with Crippen LogP contribution in [-0.4, -0.2) is 5.91 Å². The molecule has 0 radical (unpaired) electrons. The molecule has 0 aliphatic heterocycles. The average Bonchev–Trinajstić information content (AvgIpc) is 2.02. The van der Waals surface area contributed by atoms with Crippen LogP contribution in [0, 0.1) is 24.6 Å². The van der Waals surface area contributed by atoms with Gasteiger partial charge < -0.3 is 5.73 Å². The van der Waals surface area contributed by atoms with Crippen LogP contribution in [0.3, 0.4) is 0 Å². The van der Waals surface area contributed by atoms with Crippen LogP contribution in [0.15, 0.2) is 18.2 Å². The van der Waals surface area contributed by atoms with Gasteiger partial charge in [0.25, 0.3) is 5.91 Å². The van der Waals surface area contributed by atoms with Gasteiger partial charge in [-0.2, -0.15) is 0 Å². The Hall–Kier alpha value is -1.82. The molecule has 1 aromatic carbocycles. The van der Waals surface area contributed by atoms with E-state index >= 15 is 0 Å². The van der Waals surface area contributed by atoms with Gasteiger partial charge in [-0.15, -0.1) is 0 Å². The van der Waals surface area contributed by atoms with E-state index in [1.165, 1.54) is 18.2 Å². The lowest BCUT2D eigenvalue weighted by Gasteiger charge is -1.96. The number of hydrogen-bond donors (Lipinski definition) is 1. The lowest BCUT2D eigenvalue weighted by molar-refractivity contribution is -0.112. The molecule has 0 atom stereocenters. The summed E-state index contributed by atoms with van der Waals surface area (Å²) in [6.45, 7) is 1.72. The number of nitrogens with two attached hydrogens (primary N) is 1. The third-order valence-electron chi connectivity index (χ3n) is 1.51. The first-order valence-corrected chi connectivity index (χ1v) is 3.67. The van der Waals surface area contributed by atoms with Crippen LogP contribution in [0.5, 0.6) is 0 Å². The van der Waals surface area contributed by atoms with Crippen LogP contribution in [0.2, 0.25) is 0 Å². The molecule has 2 N–H and O–H groups in total. The van der Waals surface area contributed by atoms with E-state index in [0.717, 1.165) is 0 Å². The fourth-order valence-corrected chi connectivity index (χ4v) is 0.896. The number of carbonyl (C=O) groups is 1. The molecular weight excluding hydrogens is 169 g/mol. The number of carbonyl (C=O) groups excluding carboxylic acids is 1. The van der Waals surface area contributed by atoms with Gasteiger partial charge in [-0.25, -0.2) is 4.39 Å². The summed E-state index contributed by atoms with van der Waals surface area (Å²) in [4.78, 5) is 10.3. The molecule has 0 fully saturated rings. The van der Waals surface area contributed by atoms with Crippen LogP contribution >= 0.6 is 0 Å². The molecule has 3 heteroatoms. The number of benzene rings is 1. The smallest absolute Gasteiger partial charge is 0.293 e. The van der Waals surface area contributed by atoms with E-state index in [2.05, 4.69) is 11.8 Å². The molecule has 13 heavy (non-hydrogen) atoms. The van der Waals surface area contributed by atoms with Gasteiger partial charge in [0.05, 0.1) is 0 Å². The number of amides is 1. The first kappa shape index (κ1) is 9.27. The summed E-state index contributed by atoms with van der Waals surface area (Å²) in [5, 5.41) is 0. The second-order valence-electron chi connectivity index (χ2n) is 2.57. The van der Waals surface area contributed by atoms with E-state index in [0.29, 0.717) is 11.1 Å². The minimum atomic E-state index is -0.691. The standard InChI is InChI=1S/C10H8FNO/c1-7-6-9(11)4-2-8(7)3-5-10(12)13/h2,4,6H,1H3,(H2,12,13). The fraction of sp³-hybridized carbons (Fsp3) is 0.100. The van der Waals surface area contributed by atoms with Crippen molar-refractivity contribution in [1.82, 2.24) is 0 Å². The maximum atomic E-state index is 12.6. The van der Waals surface area contributed by atoms with E-state index in [-0.39, 0.29) is 5.82 Å². The van der Waals surface area contributed by atoms with Crippen LogP contribution in [0.1, 0.15) is 11.1 Å². The number of halogens is 1. The molecule has 0 spiro atoms. The molecule has 0 heterocycles. The monoisotopic (exact) mass is 177 g/mol. The maximum Gasteiger partial charge on any atom is 0.293 e. The Morgan fingerprint density at radius 3 is 2.77 bits per heavy atom. The van der Waals surface area contributed by atoms with Crippen molar-refractivity contribution in [3.63, 3.8) is 0 Å². The highest BCUT2D eigenvalue weighted by atomic mass is 19.1. The SMILES string of the molecule is Cc1cc(F)ccc1C#CC(N)=O. The lowest BCUT2D eigenvalue weighted by atomic mass is 10.1. The molecule has 0 unspecified atom stereocenters. The van der Waals surface area contributed by atoms with Gasteiger partial charge in [0, 0.05) is 5.56 Å². The zero-order valence-corrected chi connectivity index (χ0v) is 7.10. The Bertz CT molecular complexity index is 401. The molecule has 66 valence electrons. The van der Waals surface area contributed by atoms with Crippen LogP contribution in [0.4, 0.5) is 4.39 Å². The van der Waals surface area contributed by atoms with Crippen molar-refractivity contribution in [3.8, 4) is 11.8 Å². The molecule has 1 amide bonds. The maximum absolute atomic E-state index is 12.6. The Morgan fingerprint density at radius 2 is 2.23 bits per heavy atom. The van der Waals surface area contributed by atoms with Gasteiger partial charge in [-0.05, 0) is 36.6 Å². The van der Waals surface area contributed by atoms with Gasteiger partial charge in [-0.1, -0.05) is 5.92 Å². The summed E-state index contributed by atoms with van der Waals surface area (Å²) in [5.41, 5.74) is 6.13.